The van der Waals surface area contributed by atoms with Gasteiger partial charge in [-0.15, -0.1) is 0 Å². The number of carbonyl (C=O) groups is 1. The molecular formula is C24H29NO3. The zero-order valence-electron chi connectivity index (χ0n) is 16.6. The fourth-order valence-corrected chi connectivity index (χ4v) is 4.92. The van der Waals surface area contributed by atoms with Crippen LogP contribution < -0.4 is 0 Å². The maximum absolute atomic E-state index is 12.7. The van der Waals surface area contributed by atoms with Gasteiger partial charge in [0.1, 0.15) is 0 Å². The van der Waals surface area contributed by atoms with Crippen LogP contribution in [0.3, 0.4) is 0 Å². The number of benzene rings is 2. The molecule has 0 bridgehead atoms. The lowest BCUT2D eigenvalue weighted by molar-refractivity contribution is 0.0315. The number of aliphatic hydroxyl groups is 2. The molecule has 2 aromatic carbocycles. The standard InChI is InChI=1S/C24H29NO3/c1-23(2,27)20-10-8-17(9-11-20)22(26)16-25-14-18-12-24(28,13-19(18)15-25)21-6-4-3-5-7-21/h3-11,18-19,27-28H,12-16H2,1-2H3/t18-,19+,24-. The van der Waals surface area contributed by atoms with Gasteiger partial charge in [-0.05, 0) is 49.7 Å². The second kappa shape index (κ2) is 7.11. The first kappa shape index (κ1) is 19.3. The van der Waals surface area contributed by atoms with Gasteiger partial charge in [-0.3, -0.25) is 9.69 Å². The highest BCUT2D eigenvalue weighted by atomic mass is 16.3. The smallest absolute Gasteiger partial charge is 0.176 e. The predicted octanol–water partition coefficient (Wildman–Crippen LogP) is 3.33. The lowest BCUT2D eigenvalue weighted by Gasteiger charge is -2.26. The quantitative estimate of drug-likeness (QED) is 0.783. The molecule has 4 rings (SSSR count). The third kappa shape index (κ3) is 3.77. The molecule has 1 aliphatic heterocycles. The fraction of sp³-hybridized carbons (Fsp3) is 0.458. The molecule has 1 aliphatic carbocycles. The molecule has 0 aromatic heterocycles. The van der Waals surface area contributed by atoms with Gasteiger partial charge in [-0.1, -0.05) is 54.6 Å². The van der Waals surface area contributed by atoms with Crippen molar-refractivity contribution in [1.29, 1.82) is 0 Å². The summed E-state index contributed by atoms with van der Waals surface area (Å²) in [7, 11) is 0. The van der Waals surface area contributed by atoms with E-state index in [9.17, 15) is 15.0 Å². The third-order valence-electron chi connectivity index (χ3n) is 6.44. The maximum atomic E-state index is 12.7. The number of hydrogen-bond acceptors (Lipinski definition) is 4. The van der Waals surface area contributed by atoms with Gasteiger partial charge >= 0.3 is 0 Å². The highest BCUT2D eigenvalue weighted by Gasteiger charge is 2.49. The van der Waals surface area contributed by atoms with Crippen LogP contribution in [-0.4, -0.2) is 40.5 Å². The van der Waals surface area contributed by atoms with Gasteiger partial charge < -0.3 is 10.2 Å². The van der Waals surface area contributed by atoms with E-state index in [1.54, 1.807) is 26.0 Å². The number of rotatable bonds is 5. The summed E-state index contributed by atoms with van der Waals surface area (Å²) >= 11 is 0. The molecule has 0 radical (unpaired) electrons. The van der Waals surface area contributed by atoms with Crippen LogP contribution in [0.1, 0.15) is 48.2 Å². The number of ketones is 1. The minimum absolute atomic E-state index is 0.112. The molecule has 0 unspecified atom stereocenters. The summed E-state index contributed by atoms with van der Waals surface area (Å²) < 4.78 is 0. The largest absolute Gasteiger partial charge is 0.386 e. The second-order valence-electron chi connectivity index (χ2n) is 9.08. The Kier molecular flexibility index (Phi) is 4.90. The number of Topliss-reactive ketones (excluding diaryl/α,β-unsaturated/α-hetero) is 1. The van der Waals surface area contributed by atoms with Gasteiger partial charge in [-0.2, -0.15) is 0 Å². The van der Waals surface area contributed by atoms with Crippen molar-refractivity contribution in [1.82, 2.24) is 4.90 Å². The molecule has 4 nitrogen and oxygen atoms in total. The average Bonchev–Trinajstić information content (AvgIpc) is 3.16. The Morgan fingerprint density at radius 3 is 2.14 bits per heavy atom. The summed E-state index contributed by atoms with van der Waals surface area (Å²) in [6.07, 6.45) is 1.54. The number of likely N-dealkylation sites (tertiary alicyclic amines) is 1. The Bertz CT molecular complexity index is 824. The van der Waals surface area contributed by atoms with Crippen LogP contribution in [0.2, 0.25) is 0 Å². The van der Waals surface area contributed by atoms with Gasteiger partial charge in [0, 0.05) is 18.7 Å². The molecule has 2 fully saturated rings. The van der Waals surface area contributed by atoms with Gasteiger partial charge in [-0.25, -0.2) is 0 Å². The average molecular weight is 380 g/mol. The monoisotopic (exact) mass is 379 g/mol. The summed E-state index contributed by atoms with van der Waals surface area (Å²) in [6, 6.07) is 17.2. The molecule has 1 saturated heterocycles. The first-order chi connectivity index (χ1) is 13.2. The Morgan fingerprint density at radius 2 is 1.61 bits per heavy atom. The first-order valence-corrected chi connectivity index (χ1v) is 10.1. The topological polar surface area (TPSA) is 60.8 Å². The minimum Gasteiger partial charge on any atom is -0.386 e. The van der Waals surface area contributed by atoms with Crippen molar-refractivity contribution < 1.29 is 15.0 Å². The van der Waals surface area contributed by atoms with E-state index < -0.39 is 11.2 Å². The molecule has 3 atom stereocenters. The molecule has 1 heterocycles. The summed E-state index contributed by atoms with van der Waals surface area (Å²) in [4.78, 5) is 14.9. The van der Waals surface area contributed by atoms with Gasteiger partial charge in [0.05, 0.1) is 17.7 Å². The SMILES string of the molecule is CC(C)(O)c1ccc(C(=O)CN2C[C@@H]3C[C@@](O)(c4ccccc4)C[C@@H]3C2)cc1. The van der Waals surface area contributed by atoms with Crippen LogP contribution in [-0.2, 0) is 11.2 Å². The zero-order valence-corrected chi connectivity index (χ0v) is 16.6. The van der Waals surface area contributed by atoms with E-state index >= 15 is 0 Å². The van der Waals surface area contributed by atoms with Gasteiger partial charge in [0.15, 0.2) is 5.78 Å². The normalized spacial score (nSPS) is 27.7. The van der Waals surface area contributed by atoms with E-state index in [-0.39, 0.29) is 5.78 Å². The summed E-state index contributed by atoms with van der Waals surface area (Å²) in [5.41, 5.74) is 0.882. The van der Waals surface area contributed by atoms with Crippen LogP contribution >= 0.6 is 0 Å². The predicted molar refractivity (Wildman–Crippen MR) is 109 cm³/mol. The van der Waals surface area contributed by atoms with Crippen molar-refractivity contribution in [2.75, 3.05) is 19.6 Å². The summed E-state index contributed by atoms with van der Waals surface area (Å²) in [5.74, 6) is 0.992. The van der Waals surface area contributed by atoms with Crippen LogP contribution in [0.15, 0.2) is 54.6 Å². The molecule has 4 heteroatoms. The van der Waals surface area contributed by atoms with Crippen LogP contribution in [0, 0.1) is 11.8 Å². The van der Waals surface area contributed by atoms with E-state index in [1.807, 2.05) is 42.5 Å². The Balaban J connectivity index is 1.36. The van der Waals surface area contributed by atoms with Crippen LogP contribution in [0.25, 0.3) is 0 Å². The van der Waals surface area contributed by atoms with Crippen molar-refractivity contribution >= 4 is 5.78 Å². The molecule has 0 spiro atoms. The van der Waals surface area contributed by atoms with E-state index in [0.717, 1.165) is 37.1 Å². The third-order valence-corrected chi connectivity index (χ3v) is 6.44. The first-order valence-electron chi connectivity index (χ1n) is 10.1. The lowest BCUT2D eigenvalue weighted by Crippen LogP contribution is -2.31. The number of fused-ring (bicyclic) bond motifs is 1. The van der Waals surface area contributed by atoms with Crippen molar-refractivity contribution in [3.05, 3.63) is 71.3 Å². The van der Waals surface area contributed by atoms with E-state index in [2.05, 4.69) is 4.90 Å². The van der Waals surface area contributed by atoms with E-state index in [1.165, 1.54) is 0 Å². The van der Waals surface area contributed by atoms with Crippen molar-refractivity contribution in [2.24, 2.45) is 11.8 Å². The maximum Gasteiger partial charge on any atom is 0.176 e. The van der Waals surface area contributed by atoms with Gasteiger partial charge in [0.25, 0.3) is 0 Å². The molecule has 28 heavy (non-hydrogen) atoms. The number of carbonyl (C=O) groups excluding carboxylic acids is 1. The second-order valence-corrected chi connectivity index (χ2v) is 9.08. The van der Waals surface area contributed by atoms with Crippen molar-refractivity contribution in [2.45, 2.75) is 37.9 Å². The highest BCUT2D eigenvalue weighted by molar-refractivity contribution is 5.97. The van der Waals surface area contributed by atoms with E-state index in [0.29, 0.717) is 23.9 Å². The zero-order chi connectivity index (χ0) is 19.9. The van der Waals surface area contributed by atoms with Crippen LogP contribution in [0.4, 0.5) is 0 Å². The Labute approximate surface area is 166 Å². The summed E-state index contributed by atoms with van der Waals surface area (Å²) in [5, 5.41) is 21.2. The molecule has 2 N–H and O–H groups in total. The van der Waals surface area contributed by atoms with Crippen molar-refractivity contribution in [3.63, 3.8) is 0 Å². The van der Waals surface area contributed by atoms with Crippen molar-refractivity contribution in [3.8, 4) is 0 Å². The van der Waals surface area contributed by atoms with E-state index in [4.69, 9.17) is 0 Å². The summed E-state index contributed by atoms with van der Waals surface area (Å²) in [6.45, 7) is 5.63. The fourth-order valence-electron chi connectivity index (χ4n) is 4.92. The molecule has 2 aromatic rings. The molecular weight excluding hydrogens is 350 g/mol. The lowest BCUT2D eigenvalue weighted by atomic mass is 9.90. The Hall–Kier alpha value is -2.01. The number of nitrogens with zero attached hydrogens (tertiary/aromatic N) is 1. The van der Waals surface area contributed by atoms with Crippen LogP contribution in [0.5, 0.6) is 0 Å². The molecule has 148 valence electrons. The molecule has 1 saturated carbocycles. The molecule has 2 aliphatic rings. The minimum atomic E-state index is -0.899. The molecule has 0 amide bonds. The number of hydrogen-bond donors (Lipinski definition) is 2. The highest BCUT2D eigenvalue weighted by Crippen LogP contribution is 2.48. The Morgan fingerprint density at radius 1 is 1.04 bits per heavy atom. The van der Waals surface area contributed by atoms with Gasteiger partial charge in [0.2, 0.25) is 0 Å².